The molecular weight excluding hydrogens is 556 g/mol. The summed E-state index contributed by atoms with van der Waals surface area (Å²) in [6.07, 6.45) is 4.81. The van der Waals surface area contributed by atoms with Gasteiger partial charge in [0.1, 0.15) is 11.3 Å². The van der Waals surface area contributed by atoms with Crippen LogP contribution in [0.4, 0.5) is 17.6 Å². The molecule has 0 aliphatic heterocycles. The average molecular weight is 589 g/mol. The average Bonchev–Trinajstić information content (AvgIpc) is 3.44. The largest absolute Gasteiger partial charge is 0.465 e. The zero-order valence-electron chi connectivity index (χ0n) is 23.4. The molecule has 1 atom stereocenters. The summed E-state index contributed by atoms with van der Waals surface area (Å²) in [7, 11) is 1.15. The molecule has 42 heavy (non-hydrogen) atoms. The van der Waals surface area contributed by atoms with E-state index >= 15 is 4.39 Å². The summed E-state index contributed by atoms with van der Waals surface area (Å²) in [5.74, 6) is -3.81. The number of benzene rings is 1. The van der Waals surface area contributed by atoms with E-state index in [9.17, 15) is 22.8 Å². The number of ketones is 1. The first-order valence-corrected chi connectivity index (χ1v) is 14.1. The highest BCUT2D eigenvalue weighted by molar-refractivity contribution is 5.96. The van der Waals surface area contributed by atoms with Gasteiger partial charge in [0.25, 0.3) is 0 Å². The maximum atomic E-state index is 15.6. The van der Waals surface area contributed by atoms with Gasteiger partial charge < -0.3 is 9.47 Å². The van der Waals surface area contributed by atoms with E-state index in [0.29, 0.717) is 5.92 Å². The molecule has 8 nitrogen and oxygen atoms in total. The molecule has 0 saturated heterocycles. The third-order valence-electron chi connectivity index (χ3n) is 8.40. The van der Waals surface area contributed by atoms with E-state index in [1.54, 1.807) is 0 Å². The quantitative estimate of drug-likeness (QED) is 0.202. The lowest BCUT2D eigenvalue weighted by Gasteiger charge is -2.37. The fourth-order valence-corrected chi connectivity index (χ4v) is 5.86. The molecule has 0 N–H and O–H groups in total. The van der Waals surface area contributed by atoms with Gasteiger partial charge in [0.15, 0.2) is 11.6 Å². The number of carbonyl (C=O) groups is 2. The van der Waals surface area contributed by atoms with E-state index in [4.69, 9.17) is 9.47 Å². The summed E-state index contributed by atoms with van der Waals surface area (Å²) < 4.78 is 68.0. The second kappa shape index (κ2) is 12.2. The minimum atomic E-state index is -4.88. The van der Waals surface area contributed by atoms with Crippen LogP contribution in [-0.4, -0.2) is 38.8 Å². The van der Waals surface area contributed by atoms with Gasteiger partial charge >= 0.3 is 12.1 Å². The molecule has 224 valence electrons. The highest BCUT2D eigenvalue weighted by Gasteiger charge is 2.41. The topological polar surface area (TPSA) is 96.2 Å². The number of carbonyl (C=O) groups excluding carboxylic acids is 2. The molecule has 2 fully saturated rings. The SMILES string of the molecule is COC(=O)c1cc(Oc2ncc(Cn3nccn3)cc2C(F)(F)F)c(F)cc1C(C(=O)C1CCC(C)CC1)C1CCC1. The van der Waals surface area contributed by atoms with Crippen LogP contribution in [-0.2, 0) is 22.3 Å². The number of hydrogen-bond donors (Lipinski definition) is 0. The second-order valence-corrected chi connectivity index (χ2v) is 11.2. The van der Waals surface area contributed by atoms with Crippen LogP contribution in [0.3, 0.4) is 0 Å². The van der Waals surface area contributed by atoms with Crippen molar-refractivity contribution in [3.05, 3.63) is 64.9 Å². The number of pyridine rings is 1. The first kappa shape index (κ1) is 29.7. The Kier molecular flexibility index (Phi) is 8.60. The number of halogens is 4. The Morgan fingerprint density at radius 1 is 1.05 bits per heavy atom. The van der Waals surface area contributed by atoms with Crippen molar-refractivity contribution < 1.29 is 36.6 Å². The Morgan fingerprint density at radius 3 is 2.33 bits per heavy atom. The lowest BCUT2D eigenvalue weighted by Crippen LogP contribution is -2.34. The molecule has 2 aromatic heterocycles. The fraction of sp³-hybridized carbons (Fsp3) is 0.500. The highest BCUT2D eigenvalue weighted by Crippen LogP contribution is 2.46. The molecule has 0 radical (unpaired) electrons. The predicted molar refractivity (Wildman–Crippen MR) is 142 cm³/mol. The third-order valence-corrected chi connectivity index (χ3v) is 8.40. The van der Waals surface area contributed by atoms with Crippen molar-refractivity contribution in [3.63, 3.8) is 0 Å². The number of alkyl halides is 3. The number of aromatic nitrogens is 4. The smallest absolute Gasteiger partial charge is 0.421 e. The van der Waals surface area contributed by atoms with E-state index in [1.165, 1.54) is 17.2 Å². The molecule has 2 saturated carbocycles. The molecule has 0 amide bonds. The molecule has 2 heterocycles. The minimum absolute atomic E-state index is 0.0203. The molecule has 1 aromatic carbocycles. The van der Waals surface area contributed by atoms with Crippen LogP contribution in [0.5, 0.6) is 11.6 Å². The minimum Gasteiger partial charge on any atom is -0.465 e. The van der Waals surface area contributed by atoms with Crippen molar-refractivity contribution in [2.45, 2.75) is 70.5 Å². The summed E-state index contributed by atoms with van der Waals surface area (Å²) in [6, 6.07) is 2.89. The zero-order chi connectivity index (χ0) is 30.0. The van der Waals surface area contributed by atoms with Crippen molar-refractivity contribution in [1.29, 1.82) is 0 Å². The summed E-state index contributed by atoms with van der Waals surface area (Å²) >= 11 is 0. The third kappa shape index (κ3) is 6.32. The molecule has 2 aliphatic rings. The van der Waals surface area contributed by atoms with Gasteiger partial charge in [0.05, 0.1) is 31.6 Å². The van der Waals surface area contributed by atoms with E-state index < -0.39 is 41.1 Å². The van der Waals surface area contributed by atoms with E-state index in [0.717, 1.165) is 76.5 Å². The zero-order valence-corrected chi connectivity index (χ0v) is 23.4. The normalized spacial score (nSPS) is 20.0. The number of rotatable bonds is 9. The predicted octanol–water partition coefficient (Wildman–Crippen LogP) is 6.74. The van der Waals surface area contributed by atoms with Crippen molar-refractivity contribution in [2.75, 3.05) is 7.11 Å². The molecule has 0 spiro atoms. The number of hydrogen-bond acceptors (Lipinski definition) is 7. The Bertz CT molecular complexity index is 1430. The molecule has 1 unspecified atom stereocenters. The lowest BCUT2D eigenvalue weighted by molar-refractivity contribution is -0.139. The Hall–Kier alpha value is -3.83. The molecule has 0 bridgehead atoms. The maximum absolute atomic E-state index is 15.6. The monoisotopic (exact) mass is 588 g/mol. The molecule has 12 heteroatoms. The van der Waals surface area contributed by atoms with Crippen LogP contribution in [0.25, 0.3) is 0 Å². The summed E-state index contributed by atoms with van der Waals surface area (Å²) in [4.78, 5) is 31.8. The number of ether oxygens (including phenoxy) is 2. The standard InChI is InChI=1S/C30H32F4N4O4/c1-17-6-8-20(9-7-17)27(39)26(19-4-3-5-19)21-13-24(31)25(14-22(21)29(40)41-2)42-28-23(30(32,33)34)12-18(15-35-28)16-38-36-10-11-37-38/h10-15,17,19-20,26H,3-9,16H2,1-2H3. The van der Waals surface area contributed by atoms with Crippen LogP contribution in [0.1, 0.15) is 84.8 Å². The number of nitrogens with zero attached hydrogens (tertiary/aromatic N) is 4. The summed E-state index contributed by atoms with van der Waals surface area (Å²) in [6.45, 7) is 2.08. The number of esters is 1. The van der Waals surface area contributed by atoms with Crippen LogP contribution in [0, 0.1) is 23.6 Å². The molecule has 5 rings (SSSR count). The Balaban J connectivity index is 1.51. The van der Waals surface area contributed by atoms with Crippen LogP contribution in [0.2, 0.25) is 0 Å². The fourth-order valence-electron chi connectivity index (χ4n) is 5.86. The molecule has 3 aromatic rings. The second-order valence-electron chi connectivity index (χ2n) is 11.2. The lowest BCUT2D eigenvalue weighted by atomic mass is 9.66. The Labute approximate surface area is 240 Å². The van der Waals surface area contributed by atoms with Gasteiger partial charge in [-0.25, -0.2) is 14.2 Å². The van der Waals surface area contributed by atoms with Gasteiger partial charge in [-0.15, -0.1) is 0 Å². The van der Waals surface area contributed by atoms with Crippen LogP contribution >= 0.6 is 0 Å². The first-order valence-electron chi connectivity index (χ1n) is 14.1. The van der Waals surface area contributed by atoms with E-state index in [-0.39, 0.29) is 40.9 Å². The van der Waals surface area contributed by atoms with Crippen molar-refractivity contribution in [1.82, 2.24) is 20.0 Å². The number of Topliss-reactive ketones (excluding diaryl/α,β-unsaturated/α-hetero) is 1. The van der Waals surface area contributed by atoms with Gasteiger partial charge in [0.2, 0.25) is 5.88 Å². The van der Waals surface area contributed by atoms with Crippen LogP contribution < -0.4 is 4.74 Å². The van der Waals surface area contributed by atoms with Gasteiger partial charge in [-0.2, -0.15) is 28.2 Å². The van der Waals surface area contributed by atoms with Gasteiger partial charge in [-0.3, -0.25) is 4.79 Å². The first-order chi connectivity index (χ1) is 20.0. The van der Waals surface area contributed by atoms with Crippen molar-refractivity contribution in [3.8, 4) is 11.6 Å². The molecular formula is C30H32F4N4O4. The van der Waals surface area contributed by atoms with E-state index in [1.807, 2.05) is 0 Å². The summed E-state index contributed by atoms with van der Waals surface area (Å²) in [5, 5.41) is 7.76. The van der Waals surface area contributed by atoms with Gasteiger partial charge in [-0.05, 0) is 66.8 Å². The van der Waals surface area contributed by atoms with Gasteiger partial charge in [-0.1, -0.05) is 26.2 Å². The Morgan fingerprint density at radius 2 is 1.74 bits per heavy atom. The highest BCUT2D eigenvalue weighted by atomic mass is 19.4. The summed E-state index contributed by atoms with van der Waals surface area (Å²) in [5.41, 5.74) is -1.01. The van der Waals surface area contributed by atoms with Crippen molar-refractivity contribution in [2.24, 2.45) is 17.8 Å². The molecule has 2 aliphatic carbocycles. The van der Waals surface area contributed by atoms with E-state index in [2.05, 4.69) is 22.1 Å². The van der Waals surface area contributed by atoms with Crippen molar-refractivity contribution >= 4 is 11.8 Å². The van der Waals surface area contributed by atoms with Crippen LogP contribution in [0.15, 0.2) is 36.8 Å². The maximum Gasteiger partial charge on any atom is 0.421 e. The number of methoxy groups -OCH3 is 1. The van der Waals surface area contributed by atoms with Gasteiger partial charge in [0, 0.05) is 18.0 Å².